The molecule has 2 N–H and O–H groups in total. The number of anilines is 1. The van der Waals surface area contributed by atoms with Crippen molar-refractivity contribution in [3.63, 3.8) is 0 Å². The number of alkyl halides is 1. The molecule has 1 aromatic carbocycles. The predicted octanol–water partition coefficient (Wildman–Crippen LogP) is 4.48. The van der Waals surface area contributed by atoms with Gasteiger partial charge in [0, 0.05) is 12.2 Å². The number of pyridine rings is 1. The van der Waals surface area contributed by atoms with E-state index < -0.39 is 0 Å². The van der Waals surface area contributed by atoms with Gasteiger partial charge >= 0.3 is 6.03 Å². The van der Waals surface area contributed by atoms with Crippen LogP contribution in [0.25, 0.3) is 0 Å². The Kier molecular flexibility index (Phi) is 6.53. The van der Waals surface area contributed by atoms with Gasteiger partial charge in [-0.2, -0.15) is 0 Å². The van der Waals surface area contributed by atoms with Crippen molar-refractivity contribution in [3.05, 3.63) is 52.3 Å². The van der Waals surface area contributed by atoms with Crippen LogP contribution in [0.15, 0.2) is 36.4 Å². The third-order valence-corrected chi connectivity index (χ3v) is 3.29. The molecule has 1 aromatic heterocycles. The quantitative estimate of drug-likeness (QED) is 0.400. The second-order valence-electron chi connectivity index (χ2n) is 4.21. The van der Waals surface area contributed by atoms with Gasteiger partial charge in [-0.1, -0.05) is 35.3 Å². The van der Waals surface area contributed by atoms with Crippen molar-refractivity contribution in [2.75, 3.05) is 9.93 Å². The molecule has 0 fully saturated rings. The van der Waals surface area contributed by atoms with Gasteiger partial charge < -0.3 is 15.4 Å². The number of hydrogen-bond donors (Lipinski definition) is 2. The molecular weight excluding hydrogens is 440 g/mol. The summed E-state index contributed by atoms with van der Waals surface area (Å²) in [6.07, 6.45) is 0. The Morgan fingerprint density at radius 2 is 1.95 bits per heavy atom. The average molecular weight is 452 g/mol. The van der Waals surface area contributed by atoms with E-state index in [1.807, 2.05) is 24.3 Å². The molecule has 5 nitrogen and oxygen atoms in total. The van der Waals surface area contributed by atoms with Crippen LogP contribution in [0.1, 0.15) is 5.56 Å². The van der Waals surface area contributed by atoms with Gasteiger partial charge in [-0.15, -0.1) is 0 Å². The first kappa shape index (κ1) is 17.1. The van der Waals surface area contributed by atoms with Gasteiger partial charge in [0.1, 0.15) is 20.7 Å². The lowest BCUT2D eigenvalue weighted by Crippen LogP contribution is -2.28. The number of nitrogens with zero attached hydrogens (tertiary/aromatic N) is 1. The lowest BCUT2D eigenvalue weighted by atomic mass is 10.2. The Bertz CT molecular complexity index is 650. The second-order valence-corrected chi connectivity index (χ2v) is 5.61. The highest BCUT2D eigenvalue weighted by Gasteiger charge is 2.05. The molecule has 2 rings (SSSR count). The molecule has 0 unspecified atom stereocenters. The van der Waals surface area contributed by atoms with Crippen LogP contribution in [0.4, 0.5) is 10.5 Å². The van der Waals surface area contributed by atoms with Crippen LogP contribution >= 0.6 is 45.8 Å². The van der Waals surface area contributed by atoms with Gasteiger partial charge in [0.05, 0.1) is 0 Å². The zero-order chi connectivity index (χ0) is 15.9. The summed E-state index contributed by atoms with van der Waals surface area (Å²) in [6.45, 7) is 0.372. The number of nitrogens with one attached hydrogen (secondary N) is 2. The van der Waals surface area contributed by atoms with Gasteiger partial charge in [0.2, 0.25) is 0 Å². The highest BCUT2D eigenvalue weighted by Crippen LogP contribution is 2.18. The van der Waals surface area contributed by atoms with E-state index in [1.54, 1.807) is 0 Å². The van der Waals surface area contributed by atoms with Gasteiger partial charge in [-0.3, -0.25) is 0 Å². The van der Waals surface area contributed by atoms with Crippen LogP contribution in [0.5, 0.6) is 5.75 Å². The van der Waals surface area contributed by atoms with E-state index in [-0.39, 0.29) is 16.3 Å². The van der Waals surface area contributed by atoms with Gasteiger partial charge in [0.15, 0.2) is 0 Å². The highest BCUT2D eigenvalue weighted by atomic mass is 127. The molecule has 0 aliphatic heterocycles. The summed E-state index contributed by atoms with van der Waals surface area (Å²) in [7, 11) is 0. The summed E-state index contributed by atoms with van der Waals surface area (Å²) in [6, 6.07) is 10.2. The lowest BCUT2D eigenvalue weighted by Gasteiger charge is -2.09. The topological polar surface area (TPSA) is 63.2 Å². The molecule has 116 valence electrons. The second kappa shape index (κ2) is 8.40. The highest BCUT2D eigenvalue weighted by molar-refractivity contribution is 14.1. The maximum atomic E-state index is 11.9. The number of urea groups is 1. The van der Waals surface area contributed by atoms with Gasteiger partial charge in [-0.25, -0.2) is 9.78 Å². The van der Waals surface area contributed by atoms with E-state index >= 15 is 0 Å². The summed E-state index contributed by atoms with van der Waals surface area (Å²) in [5, 5.41) is 5.81. The maximum Gasteiger partial charge on any atom is 0.319 e. The average Bonchev–Trinajstić information content (AvgIpc) is 2.45. The number of carbonyl (C=O) groups excluding carboxylic acids is 1. The summed E-state index contributed by atoms with van der Waals surface area (Å²) < 4.78 is 5.97. The fraction of sp³-hybridized carbons (Fsp3) is 0.143. The van der Waals surface area contributed by atoms with E-state index in [0.717, 1.165) is 11.3 Å². The summed E-state index contributed by atoms with van der Waals surface area (Å²) in [5.41, 5.74) is 1.41. The molecule has 0 radical (unpaired) electrons. The largest absolute Gasteiger partial charge is 0.483 e. The molecule has 22 heavy (non-hydrogen) atoms. The minimum atomic E-state index is -0.362. The number of aromatic nitrogens is 1. The standard InChI is InChI=1S/C14H12Cl2IN3O2/c15-12-5-10(6-13(16)20-12)19-14(21)18-7-9-2-1-3-11(4-9)22-8-17/h1-6H,7-8H2,(H2,18,19,20,21). The molecule has 2 amide bonds. The normalized spacial score (nSPS) is 10.1. The maximum absolute atomic E-state index is 11.9. The number of hydrogen-bond acceptors (Lipinski definition) is 3. The molecular formula is C14H12Cl2IN3O2. The van der Waals surface area contributed by atoms with Crippen molar-refractivity contribution in [2.24, 2.45) is 0 Å². The van der Waals surface area contributed by atoms with Crippen molar-refractivity contribution >= 4 is 57.5 Å². The van der Waals surface area contributed by atoms with Crippen molar-refractivity contribution in [1.82, 2.24) is 10.3 Å². The summed E-state index contributed by atoms with van der Waals surface area (Å²) >= 11 is 13.7. The Balaban J connectivity index is 1.91. The Morgan fingerprint density at radius 3 is 2.64 bits per heavy atom. The molecule has 0 saturated heterocycles. The molecule has 0 aliphatic carbocycles. The van der Waals surface area contributed by atoms with Crippen LogP contribution in [0, 0.1) is 0 Å². The number of ether oxygens (including phenoxy) is 1. The Morgan fingerprint density at radius 1 is 1.23 bits per heavy atom. The molecule has 0 spiro atoms. The first-order chi connectivity index (χ1) is 10.6. The minimum absolute atomic E-state index is 0.214. The van der Waals surface area contributed by atoms with Crippen LogP contribution in [0.3, 0.4) is 0 Å². The van der Waals surface area contributed by atoms with Crippen molar-refractivity contribution < 1.29 is 9.53 Å². The smallest absolute Gasteiger partial charge is 0.319 e. The predicted molar refractivity (Wildman–Crippen MR) is 96.1 cm³/mol. The minimum Gasteiger partial charge on any atom is -0.483 e. The van der Waals surface area contributed by atoms with Crippen LogP contribution in [-0.2, 0) is 6.54 Å². The molecule has 0 saturated carbocycles. The number of benzene rings is 1. The van der Waals surface area contributed by atoms with Crippen LogP contribution in [0.2, 0.25) is 10.3 Å². The van der Waals surface area contributed by atoms with E-state index in [1.165, 1.54) is 12.1 Å². The number of halogens is 3. The van der Waals surface area contributed by atoms with Crippen molar-refractivity contribution in [1.29, 1.82) is 0 Å². The first-order valence-corrected chi connectivity index (χ1v) is 8.50. The van der Waals surface area contributed by atoms with E-state index in [9.17, 15) is 4.79 Å². The van der Waals surface area contributed by atoms with Gasteiger partial charge in [-0.05, 0) is 52.4 Å². The third-order valence-electron chi connectivity index (χ3n) is 2.59. The van der Waals surface area contributed by atoms with E-state index in [0.29, 0.717) is 16.8 Å². The third kappa shape index (κ3) is 5.51. The van der Waals surface area contributed by atoms with Crippen LogP contribution in [-0.4, -0.2) is 15.6 Å². The van der Waals surface area contributed by atoms with Gasteiger partial charge in [0.25, 0.3) is 0 Å². The monoisotopic (exact) mass is 451 g/mol. The zero-order valence-electron chi connectivity index (χ0n) is 11.3. The Hall–Kier alpha value is -1.25. The number of amides is 2. The molecule has 8 heteroatoms. The molecule has 0 aliphatic rings. The van der Waals surface area contributed by atoms with E-state index in [4.69, 9.17) is 27.9 Å². The molecule has 2 aromatic rings. The Labute approximate surface area is 151 Å². The van der Waals surface area contributed by atoms with Crippen molar-refractivity contribution in [2.45, 2.75) is 6.54 Å². The molecule has 1 heterocycles. The first-order valence-electron chi connectivity index (χ1n) is 6.22. The SMILES string of the molecule is O=C(NCc1cccc(OCI)c1)Nc1cc(Cl)nc(Cl)c1. The number of rotatable bonds is 5. The fourth-order valence-corrected chi connectivity index (χ4v) is 2.52. The summed E-state index contributed by atoms with van der Waals surface area (Å²) in [4.78, 5) is 15.7. The van der Waals surface area contributed by atoms with Crippen molar-refractivity contribution in [3.8, 4) is 5.75 Å². The molecule has 0 atom stereocenters. The lowest BCUT2D eigenvalue weighted by molar-refractivity contribution is 0.251. The van der Waals surface area contributed by atoms with Crippen LogP contribution < -0.4 is 15.4 Å². The summed E-state index contributed by atoms with van der Waals surface area (Å²) in [5.74, 6) is 0.766. The zero-order valence-corrected chi connectivity index (χ0v) is 14.9. The fourth-order valence-electron chi connectivity index (χ4n) is 1.70. The number of carbonyl (C=O) groups is 1. The molecule has 0 bridgehead atoms. The van der Waals surface area contributed by atoms with E-state index in [2.05, 4.69) is 38.2 Å².